The first-order valence-corrected chi connectivity index (χ1v) is 8.88. The van der Waals surface area contributed by atoms with Gasteiger partial charge in [-0.15, -0.1) is 0 Å². The highest BCUT2D eigenvalue weighted by Crippen LogP contribution is 2.40. The van der Waals surface area contributed by atoms with E-state index in [1.807, 2.05) is 6.07 Å². The van der Waals surface area contributed by atoms with Crippen LogP contribution in [0.15, 0.2) is 42.7 Å². The number of nitrogens with one attached hydrogen (secondary N) is 1. The van der Waals surface area contributed by atoms with Crippen molar-refractivity contribution in [3.8, 4) is 11.5 Å². The summed E-state index contributed by atoms with van der Waals surface area (Å²) >= 11 is 6.10. The van der Waals surface area contributed by atoms with Crippen molar-refractivity contribution < 1.29 is 18.7 Å². The Labute approximate surface area is 165 Å². The Kier molecular flexibility index (Phi) is 4.87. The molecule has 0 saturated heterocycles. The zero-order chi connectivity index (χ0) is 19.7. The summed E-state index contributed by atoms with van der Waals surface area (Å²) in [6.45, 7) is -0.0952. The fourth-order valence-electron chi connectivity index (χ4n) is 3.17. The zero-order valence-corrected chi connectivity index (χ0v) is 15.6. The van der Waals surface area contributed by atoms with Crippen molar-refractivity contribution in [2.75, 3.05) is 12.4 Å². The number of fused-ring (bicyclic) bond motifs is 1. The molecule has 7 nitrogen and oxygen atoms in total. The molecule has 2 aromatic carbocycles. The quantitative estimate of drug-likeness (QED) is 0.705. The fourth-order valence-corrected chi connectivity index (χ4v) is 3.39. The van der Waals surface area contributed by atoms with Crippen LogP contribution < -0.4 is 14.8 Å². The molecule has 1 amide bonds. The van der Waals surface area contributed by atoms with E-state index in [0.717, 1.165) is 0 Å². The summed E-state index contributed by atoms with van der Waals surface area (Å²) in [7, 11) is 1.51. The van der Waals surface area contributed by atoms with Crippen LogP contribution in [-0.2, 0) is 11.4 Å². The van der Waals surface area contributed by atoms with Gasteiger partial charge in [0.2, 0.25) is 11.9 Å². The van der Waals surface area contributed by atoms with Crippen LogP contribution in [0.3, 0.4) is 0 Å². The van der Waals surface area contributed by atoms with Crippen molar-refractivity contribution in [2.24, 2.45) is 0 Å². The smallest absolute Gasteiger partial charge is 0.229 e. The molecule has 0 fully saturated rings. The minimum absolute atomic E-state index is 0.0952. The molecule has 3 aromatic rings. The Balaban J connectivity index is 1.73. The molecule has 1 N–H and O–H groups in total. The second kappa shape index (κ2) is 7.47. The van der Waals surface area contributed by atoms with E-state index in [-0.39, 0.29) is 29.5 Å². The maximum absolute atomic E-state index is 14.1. The van der Waals surface area contributed by atoms with Crippen LogP contribution in [0, 0.1) is 5.82 Å². The van der Waals surface area contributed by atoms with E-state index in [0.29, 0.717) is 23.0 Å². The first-order valence-electron chi connectivity index (χ1n) is 8.50. The van der Waals surface area contributed by atoms with Gasteiger partial charge in [-0.05, 0) is 18.2 Å². The van der Waals surface area contributed by atoms with Gasteiger partial charge in [0.1, 0.15) is 18.8 Å². The van der Waals surface area contributed by atoms with Crippen molar-refractivity contribution in [1.29, 1.82) is 0 Å². The number of amides is 1. The third kappa shape index (κ3) is 3.27. The maximum atomic E-state index is 14.1. The normalized spacial score (nSPS) is 15.7. The molecular formula is C19H16ClFN4O3. The van der Waals surface area contributed by atoms with E-state index < -0.39 is 11.9 Å². The summed E-state index contributed by atoms with van der Waals surface area (Å²) in [5, 5.41) is 7.15. The molecule has 0 bridgehead atoms. The van der Waals surface area contributed by atoms with Crippen molar-refractivity contribution in [3.05, 3.63) is 64.7 Å². The molecule has 0 unspecified atom stereocenters. The van der Waals surface area contributed by atoms with Crippen LogP contribution >= 0.6 is 11.6 Å². The third-order valence-electron chi connectivity index (χ3n) is 4.51. The van der Waals surface area contributed by atoms with E-state index in [2.05, 4.69) is 15.4 Å². The molecule has 1 aliphatic rings. The highest BCUT2D eigenvalue weighted by molar-refractivity contribution is 6.31. The summed E-state index contributed by atoms with van der Waals surface area (Å²) in [4.78, 5) is 16.2. The van der Waals surface area contributed by atoms with Gasteiger partial charge in [0, 0.05) is 11.1 Å². The molecule has 0 saturated carbocycles. The number of hydrogen-bond acceptors (Lipinski definition) is 5. The summed E-state index contributed by atoms with van der Waals surface area (Å²) in [5.41, 5.74) is 0.914. The highest BCUT2D eigenvalue weighted by atomic mass is 35.5. The predicted molar refractivity (Wildman–Crippen MR) is 100 cm³/mol. The minimum atomic E-state index is -0.459. The number of anilines is 1. The number of nitrogens with zero attached hydrogens (tertiary/aromatic N) is 3. The summed E-state index contributed by atoms with van der Waals surface area (Å²) in [6, 6.07) is 9.35. The van der Waals surface area contributed by atoms with Crippen LogP contribution in [0.2, 0.25) is 5.02 Å². The number of hydrogen-bond donors (Lipinski definition) is 1. The Hall–Kier alpha value is -3.13. The van der Waals surface area contributed by atoms with E-state index in [4.69, 9.17) is 21.1 Å². The maximum Gasteiger partial charge on any atom is 0.229 e. The Morgan fingerprint density at radius 2 is 2.14 bits per heavy atom. The van der Waals surface area contributed by atoms with Gasteiger partial charge in [0.15, 0.2) is 11.5 Å². The van der Waals surface area contributed by atoms with Crippen LogP contribution in [0.4, 0.5) is 10.3 Å². The number of ether oxygens (including phenoxy) is 2. The van der Waals surface area contributed by atoms with Gasteiger partial charge in [-0.25, -0.2) is 9.07 Å². The molecule has 0 aliphatic carbocycles. The summed E-state index contributed by atoms with van der Waals surface area (Å²) in [6.07, 6.45) is 1.52. The molecule has 144 valence electrons. The topological polar surface area (TPSA) is 78.3 Å². The highest BCUT2D eigenvalue weighted by Gasteiger charge is 2.31. The van der Waals surface area contributed by atoms with Crippen molar-refractivity contribution >= 4 is 23.5 Å². The lowest BCUT2D eigenvalue weighted by Gasteiger charge is -2.26. The van der Waals surface area contributed by atoms with Gasteiger partial charge < -0.3 is 9.47 Å². The largest absolute Gasteiger partial charge is 0.493 e. The number of benzene rings is 2. The fraction of sp³-hybridized carbons (Fsp3) is 0.211. The first-order chi connectivity index (χ1) is 13.6. The molecule has 2 heterocycles. The third-order valence-corrected chi connectivity index (χ3v) is 4.86. The lowest BCUT2D eigenvalue weighted by atomic mass is 10.0. The standard InChI is InChI=1S/C19H16ClFN4O3/c1-27-16-7-2-4-11(15-8-17(26)24-19-22-10-23-25(15)19)18(16)28-9-12-13(20)5-3-6-14(12)21/h2-7,10,15H,8-9H2,1H3,(H,22,23,24,26)/t15-/m0/s1. The number of para-hydroxylation sites is 1. The zero-order valence-electron chi connectivity index (χ0n) is 14.9. The second-order valence-electron chi connectivity index (χ2n) is 6.16. The Morgan fingerprint density at radius 3 is 2.93 bits per heavy atom. The lowest BCUT2D eigenvalue weighted by molar-refractivity contribution is -0.117. The molecule has 0 spiro atoms. The van der Waals surface area contributed by atoms with E-state index >= 15 is 0 Å². The number of halogens is 2. The van der Waals surface area contributed by atoms with Crippen LogP contribution in [0.5, 0.6) is 11.5 Å². The van der Waals surface area contributed by atoms with Crippen molar-refractivity contribution in [1.82, 2.24) is 14.8 Å². The molecule has 1 atom stereocenters. The molecule has 0 radical (unpaired) electrons. The van der Waals surface area contributed by atoms with E-state index in [9.17, 15) is 9.18 Å². The molecule has 9 heteroatoms. The average molecular weight is 403 g/mol. The van der Waals surface area contributed by atoms with Gasteiger partial charge in [-0.1, -0.05) is 29.8 Å². The van der Waals surface area contributed by atoms with Gasteiger partial charge in [-0.2, -0.15) is 10.1 Å². The molecule has 28 heavy (non-hydrogen) atoms. The van der Waals surface area contributed by atoms with Crippen molar-refractivity contribution in [2.45, 2.75) is 19.1 Å². The molecule has 4 rings (SSSR count). The van der Waals surface area contributed by atoms with E-state index in [1.54, 1.807) is 22.9 Å². The van der Waals surface area contributed by atoms with Crippen LogP contribution in [-0.4, -0.2) is 27.8 Å². The van der Waals surface area contributed by atoms with E-state index in [1.165, 1.54) is 25.6 Å². The summed E-state index contributed by atoms with van der Waals surface area (Å²) in [5.74, 6) is 0.561. The number of carbonyl (C=O) groups is 1. The number of rotatable bonds is 5. The number of carbonyl (C=O) groups excluding carboxylic acids is 1. The average Bonchev–Trinajstić information content (AvgIpc) is 3.15. The molecule has 1 aliphatic heterocycles. The van der Waals surface area contributed by atoms with Gasteiger partial charge in [0.25, 0.3) is 0 Å². The van der Waals surface area contributed by atoms with Crippen molar-refractivity contribution in [3.63, 3.8) is 0 Å². The van der Waals surface area contributed by atoms with Crippen LogP contribution in [0.1, 0.15) is 23.6 Å². The first kappa shape index (κ1) is 18.2. The van der Waals surface area contributed by atoms with Gasteiger partial charge >= 0.3 is 0 Å². The second-order valence-corrected chi connectivity index (χ2v) is 6.57. The lowest BCUT2D eigenvalue weighted by Crippen LogP contribution is -2.29. The number of methoxy groups -OCH3 is 1. The molecule has 1 aromatic heterocycles. The SMILES string of the molecule is COc1cccc([C@@H]2CC(=O)Nc3ncnn32)c1OCc1c(F)cccc1Cl. The summed E-state index contributed by atoms with van der Waals surface area (Å²) < 4.78 is 27.1. The predicted octanol–water partition coefficient (Wildman–Crippen LogP) is 3.59. The van der Waals surface area contributed by atoms with Gasteiger partial charge in [-0.3, -0.25) is 10.1 Å². The van der Waals surface area contributed by atoms with Crippen LogP contribution in [0.25, 0.3) is 0 Å². The molecular weight excluding hydrogens is 387 g/mol. The minimum Gasteiger partial charge on any atom is -0.493 e. The Morgan fingerprint density at radius 1 is 1.32 bits per heavy atom. The van der Waals surface area contributed by atoms with Gasteiger partial charge in [0.05, 0.1) is 24.6 Å². The monoisotopic (exact) mass is 402 g/mol. The number of aromatic nitrogens is 3. The Bertz CT molecular complexity index is 1020.